The summed E-state index contributed by atoms with van der Waals surface area (Å²) in [4.78, 5) is 40.4. The van der Waals surface area contributed by atoms with Gasteiger partial charge in [0, 0.05) is 24.2 Å². The number of aryl methyl sites for hydroxylation is 2. The molecule has 0 aromatic carbocycles. The molecule has 0 aliphatic carbocycles. The van der Waals surface area contributed by atoms with Crippen LogP contribution in [-0.2, 0) is 22.3 Å². The highest BCUT2D eigenvalue weighted by Crippen LogP contribution is 2.23. The number of halogens is 1. The van der Waals surface area contributed by atoms with Crippen molar-refractivity contribution in [2.45, 2.75) is 26.7 Å². The number of esters is 2. The molecule has 0 saturated carbocycles. The Kier molecular flexibility index (Phi) is 5.08. The molecular formula is C18H17ClN2O5. The molecule has 4 heterocycles. The Morgan fingerprint density at radius 2 is 1.54 bits per heavy atom. The van der Waals surface area contributed by atoms with Crippen molar-refractivity contribution in [2.75, 3.05) is 13.2 Å². The van der Waals surface area contributed by atoms with Gasteiger partial charge in [0.15, 0.2) is 0 Å². The topological polar surface area (TPSA) is 98.4 Å². The van der Waals surface area contributed by atoms with Crippen LogP contribution >= 0.6 is 11.6 Å². The lowest BCUT2D eigenvalue weighted by atomic mass is 10.0. The van der Waals surface area contributed by atoms with E-state index in [9.17, 15) is 14.4 Å². The molecule has 0 radical (unpaired) electrons. The van der Waals surface area contributed by atoms with Gasteiger partial charge in [0.1, 0.15) is 16.3 Å². The molecule has 4 rings (SSSR count). The summed E-state index contributed by atoms with van der Waals surface area (Å²) in [6.45, 7) is 4.45. The molecule has 0 saturated heterocycles. The van der Waals surface area contributed by atoms with Crippen LogP contribution in [-0.4, -0.2) is 35.1 Å². The number of aromatic nitrogens is 2. The van der Waals surface area contributed by atoms with E-state index in [1.807, 2.05) is 19.1 Å². The van der Waals surface area contributed by atoms with Gasteiger partial charge in [-0.15, -0.1) is 0 Å². The van der Waals surface area contributed by atoms with E-state index in [-0.39, 0.29) is 22.2 Å². The van der Waals surface area contributed by atoms with Gasteiger partial charge < -0.3 is 14.5 Å². The van der Waals surface area contributed by atoms with Crippen LogP contribution in [0.5, 0.6) is 0 Å². The minimum Gasteiger partial charge on any atom is -0.462 e. The zero-order valence-electron chi connectivity index (χ0n) is 14.3. The van der Waals surface area contributed by atoms with Crippen LogP contribution in [0.25, 0.3) is 0 Å². The van der Waals surface area contributed by atoms with E-state index >= 15 is 0 Å². The Balaban J connectivity index is 0.000000151. The Morgan fingerprint density at radius 3 is 2.19 bits per heavy atom. The fourth-order valence-electron chi connectivity index (χ4n) is 2.94. The number of nitrogens with one attached hydrogen (secondary N) is 1. The first-order valence-electron chi connectivity index (χ1n) is 8.10. The molecule has 0 bridgehead atoms. The molecule has 0 amide bonds. The molecule has 26 heavy (non-hydrogen) atoms. The van der Waals surface area contributed by atoms with Crippen LogP contribution in [0.1, 0.15) is 43.2 Å². The van der Waals surface area contributed by atoms with Crippen molar-refractivity contribution in [1.29, 1.82) is 0 Å². The average Bonchev–Trinajstić information content (AvgIpc) is 2.54. The Bertz CT molecular complexity index is 951. The molecule has 2 aliphatic heterocycles. The molecule has 2 aromatic heterocycles. The summed E-state index contributed by atoms with van der Waals surface area (Å²) in [5.74, 6) is -0.874. The van der Waals surface area contributed by atoms with Gasteiger partial charge in [0.25, 0.3) is 5.56 Å². The molecule has 0 unspecified atom stereocenters. The SMILES string of the molecule is Cc1cc2c(c(=O)[nH]1)C(=O)OCC2.Cc1cc2c(c(Cl)n1)C(=O)OCC2. The maximum atomic E-state index is 11.3. The first-order chi connectivity index (χ1) is 12.4. The third-order valence-electron chi connectivity index (χ3n) is 4.05. The largest absolute Gasteiger partial charge is 0.462 e. The third kappa shape index (κ3) is 3.62. The van der Waals surface area contributed by atoms with Gasteiger partial charge in [-0.2, -0.15) is 0 Å². The molecule has 8 heteroatoms. The van der Waals surface area contributed by atoms with Crippen LogP contribution in [0, 0.1) is 13.8 Å². The quantitative estimate of drug-likeness (QED) is 0.558. The van der Waals surface area contributed by atoms with Crippen LogP contribution in [0.2, 0.25) is 5.15 Å². The van der Waals surface area contributed by atoms with E-state index in [0.29, 0.717) is 25.2 Å². The molecule has 7 nitrogen and oxygen atoms in total. The molecular weight excluding hydrogens is 360 g/mol. The number of rotatable bonds is 0. The fraction of sp³-hybridized carbons (Fsp3) is 0.333. The van der Waals surface area contributed by atoms with Gasteiger partial charge in [-0.25, -0.2) is 14.6 Å². The fourth-order valence-corrected chi connectivity index (χ4v) is 3.27. The summed E-state index contributed by atoms with van der Waals surface area (Å²) in [6, 6.07) is 3.69. The van der Waals surface area contributed by atoms with Crippen molar-refractivity contribution in [3.05, 3.63) is 61.3 Å². The van der Waals surface area contributed by atoms with E-state index in [1.165, 1.54) is 0 Å². The summed E-state index contributed by atoms with van der Waals surface area (Å²) in [6.07, 6.45) is 1.36. The lowest BCUT2D eigenvalue weighted by Crippen LogP contribution is -2.28. The van der Waals surface area contributed by atoms with Crippen molar-refractivity contribution in [3.8, 4) is 0 Å². The molecule has 1 N–H and O–H groups in total. The minimum absolute atomic E-state index is 0.164. The number of aromatic amines is 1. The molecule has 2 aromatic rings. The highest BCUT2D eigenvalue weighted by atomic mass is 35.5. The smallest absolute Gasteiger partial charge is 0.344 e. The summed E-state index contributed by atoms with van der Waals surface area (Å²) in [7, 11) is 0. The van der Waals surface area contributed by atoms with Gasteiger partial charge in [0.2, 0.25) is 0 Å². The Hall–Kier alpha value is -2.67. The second kappa shape index (κ2) is 7.29. The van der Waals surface area contributed by atoms with Crippen molar-refractivity contribution >= 4 is 23.5 Å². The first kappa shape index (κ1) is 18.1. The Morgan fingerprint density at radius 1 is 0.962 bits per heavy atom. The first-order valence-corrected chi connectivity index (χ1v) is 8.47. The van der Waals surface area contributed by atoms with E-state index in [1.54, 1.807) is 6.92 Å². The van der Waals surface area contributed by atoms with E-state index in [0.717, 1.165) is 28.9 Å². The van der Waals surface area contributed by atoms with Crippen molar-refractivity contribution < 1.29 is 19.1 Å². The number of carbonyl (C=O) groups excluding carboxylic acids is 2. The number of pyridine rings is 2. The predicted octanol–water partition coefficient (Wildman–Crippen LogP) is 2.15. The second-order valence-electron chi connectivity index (χ2n) is 6.04. The normalized spacial score (nSPS) is 15.0. The predicted molar refractivity (Wildman–Crippen MR) is 93.8 cm³/mol. The average molecular weight is 377 g/mol. The number of H-pyrrole nitrogens is 1. The van der Waals surface area contributed by atoms with Gasteiger partial charge in [-0.3, -0.25) is 4.79 Å². The Labute approximate surface area is 154 Å². The van der Waals surface area contributed by atoms with Gasteiger partial charge in [-0.1, -0.05) is 11.6 Å². The number of carbonyl (C=O) groups is 2. The number of fused-ring (bicyclic) bond motifs is 2. The number of hydrogen-bond donors (Lipinski definition) is 1. The highest BCUT2D eigenvalue weighted by molar-refractivity contribution is 6.32. The zero-order chi connectivity index (χ0) is 18.8. The molecule has 0 spiro atoms. The number of ether oxygens (including phenoxy) is 2. The maximum Gasteiger partial charge on any atom is 0.344 e. The summed E-state index contributed by atoms with van der Waals surface area (Å²) >= 11 is 5.83. The van der Waals surface area contributed by atoms with Crippen LogP contribution in [0.4, 0.5) is 0 Å². The lowest BCUT2D eigenvalue weighted by molar-refractivity contribution is 0.0469. The lowest BCUT2D eigenvalue weighted by Gasteiger charge is -2.16. The minimum atomic E-state index is -0.512. The highest BCUT2D eigenvalue weighted by Gasteiger charge is 2.23. The summed E-state index contributed by atoms with van der Waals surface area (Å²) in [5, 5.41) is 0.250. The number of cyclic esters (lactones) is 2. The number of nitrogens with zero attached hydrogens (tertiary/aromatic N) is 1. The zero-order valence-corrected chi connectivity index (χ0v) is 15.1. The molecule has 136 valence electrons. The van der Waals surface area contributed by atoms with Crippen molar-refractivity contribution in [2.24, 2.45) is 0 Å². The third-order valence-corrected chi connectivity index (χ3v) is 4.33. The monoisotopic (exact) mass is 376 g/mol. The number of hydrogen-bond acceptors (Lipinski definition) is 6. The molecule has 2 aliphatic rings. The molecule has 0 atom stereocenters. The van der Waals surface area contributed by atoms with Gasteiger partial charge in [-0.05, 0) is 37.1 Å². The van der Waals surface area contributed by atoms with Crippen molar-refractivity contribution in [1.82, 2.24) is 9.97 Å². The summed E-state index contributed by atoms with van der Waals surface area (Å²) < 4.78 is 9.63. The van der Waals surface area contributed by atoms with Crippen LogP contribution in [0.3, 0.4) is 0 Å². The summed E-state index contributed by atoms with van der Waals surface area (Å²) in [5.41, 5.74) is 3.58. The van der Waals surface area contributed by atoms with Crippen LogP contribution < -0.4 is 5.56 Å². The van der Waals surface area contributed by atoms with Gasteiger partial charge >= 0.3 is 11.9 Å². The standard InChI is InChI=1S/C9H8ClNO2.C9H9NO3/c1-5-4-6-2-3-13-9(12)7(6)8(10)11-5;1-5-4-6-2-3-13-9(12)7(6)8(11)10-5/h4H,2-3H2,1H3;4H,2-3H2,1H3,(H,10,11). The van der Waals surface area contributed by atoms with Crippen molar-refractivity contribution in [3.63, 3.8) is 0 Å². The maximum absolute atomic E-state index is 11.3. The van der Waals surface area contributed by atoms with Gasteiger partial charge in [0.05, 0.1) is 13.2 Å². The second-order valence-corrected chi connectivity index (χ2v) is 6.40. The molecule has 0 fully saturated rings. The van der Waals surface area contributed by atoms with E-state index < -0.39 is 5.97 Å². The van der Waals surface area contributed by atoms with Crippen LogP contribution in [0.15, 0.2) is 16.9 Å². The van der Waals surface area contributed by atoms with E-state index in [4.69, 9.17) is 21.1 Å². The van der Waals surface area contributed by atoms with E-state index in [2.05, 4.69) is 9.97 Å².